The SMILES string of the molecule is CCOc1cccc(/C=C2/C(=O)Nc3ccc(F)cc32)c1. The molecule has 2 aromatic rings. The summed E-state index contributed by atoms with van der Waals surface area (Å²) in [5, 5.41) is 2.73. The van der Waals surface area contributed by atoms with Gasteiger partial charge in [0.05, 0.1) is 6.61 Å². The Labute approximate surface area is 122 Å². The molecule has 3 nitrogen and oxygen atoms in total. The molecular weight excluding hydrogens is 269 g/mol. The predicted octanol–water partition coefficient (Wildman–Crippen LogP) is 3.72. The van der Waals surface area contributed by atoms with Crippen LogP contribution in [0.2, 0.25) is 0 Å². The Morgan fingerprint density at radius 2 is 2.10 bits per heavy atom. The van der Waals surface area contributed by atoms with Crippen LogP contribution in [0.15, 0.2) is 42.5 Å². The Bertz CT molecular complexity index is 737. The van der Waals surface area contributed by atoms with E-state index < -0.39 is 0 Å². The van der Waals surface area contributed by atoms with Crippen molar-refractivity contribution in [2.75, 3.05) is 11.9 Å². The molecular formula is C17H14FNO2. The third-order valence-electron chi connectivity index (χ3n) is 3.24. The molecule has 3 rings (SSSR count). The van der Waals surface area contributed by atoms with E-state index in [1.165, 1.54) is 12.1 Å². The zero-order valence-electron chi connectivity index (χ0n) is 11.5. The van der Waals surface area contributed by atoms with Gasteiger partial charge in [0.2, 0.25) is 0 Å². The maximum Gasteiger partial charge on any atom is 0.256 e. The Balaban J connectivity index is 2.02. The van der Waals surface area contributed by atoms with Crippen LogP contribution >= 0.6 is 0 Å². The van der Waals surface area contributed by atoms with E-state index >= 15 is 0 Å². The van der Waals surface area contributed by atoms with Crippen LogP contribution in [-0.2, 0) is 4.79 Å². The quantitative estimate of drug-likeness (QED) is 0.872. The molecule has 0 fully saturated rings. The number of amides is 1. The van der Waals surface area contributed by atoms with Gasteiger partial charge in [-0.05, 0) is 48.9 Å². The lowest BCUT2D eigenvalue weighted by Crippen LogP contribution is -2.03. The van der Waals surface area contributed by atoms with Crippen molar-refractivity contribution in [2.45, 2.75) is 6.92 Å². The summed E-state index contributed by atoms with van der Waals surface area (Å²) in [6.07, 6.45) is 1.74. The van der Waals surface area contributed by atoms with E-state index in [-0.39, 0.29) is 11.7 Å². The van der Waals surface area contributed by atoms with Crippen molar-refractivity contribution in [2.24, 2.45) is 0 Å². The van der Waals surface area contributed by atoms with E-state index in [0.717, 1.165) is 11.3 Å². The number of ether oxygens (including phenoxy) is 1. The van der Waals surface area contributed by atoms with Crippen LogP contribution in [0.1, 0.15) is 18.1 Å². The third-order valence-corrected chi connectivity index (χ3v) is 3.24. The van der Waals surface area contributed by atoms with Gasteiger partial charge in [0.15, 0.2) is 0 Å². The molecule has 1 N–H and O–H groups in total. The lowest BCUT2D eigenvalue weighted by atomic mass is 10.0. The molecule has 1 heterocycles. The molecule has 1 amide bonds. The number of hydrogen-bond donors (Lipinski definition) is 1. The van der Waals surface area contributed by atoms with Gasteiger partial charge in [-0.1, -0.05) is 12.1 Å². The molecule has 21 heavy (non-hydrogen) atoms. The smallest absolute Gasteiger partial charge is 0.256 e. The highest BCUT2D eigenvalue weighted by Crippen LogP contribution is 2.33. The van der Waals surface area contributed by atoms with Crippen molar-refractivity contribution < 1.29 is 13.9 Å². The van der Waals surface area contributed by atoms with Crippen molar-refractivity contribution in [1.29, 1.82) is 0 Å². The highest BCUT2D eigenvalue weighted by Gasteiger charge is 2.24. The maximum atomic E-state index is 13.4. The Hall–Kier alpha value is -2.62. The fourth-order valence-corrected chi connectivity index (χ4v) is 2.33. The average Bonchev–Trinajstić information content (AvgIpc) is 2.76. The van der Waals surface area contributed by atoms with Gasteiger partial charge in [0, 0.05) is 16.8 Å². The van der Waals surface area contributed by atoms with Crippen molar-refractivity contribution in [1.82, 2.24) is 0 Å². The number of fused-ring (bicyclic) bond motifs is 1. The molecule has 1 aliphatic rings. The molecule has 4 heteroatoms. The van der Waals surface area contributed by atoms with Gasteiger partial charge in [-0.15, -0.1) is 0 Å². The van der Waals surface area contributed by atoms with Gasteiger partial charge in [-0.2, -0.15) is 0 Å². The van der Waals surface area contributed by atoms with Crippen molar-refractivity contribution >= 4 is 23.2 Å². The summed E-state index contributed by atoms with van der Waals surface area (Å²) in [5.74, 6) is 0.154. The molecule has 2 aromatic carbocycles. The van der Waals surface area contributed by atoms with Crippen LogP contribution in [0, 0.1) is 5.82 Å². The molecule has 0 aliphatic carbocycles. The standard InChI is InChI=1S/C17H14FNO2/c1-2-21-13-5-3-4-11(8-13)9-15-14-10-12(18)6-7-16(14)19-17(15)20/h3-10H,2H2,1H3,(H,19,20)/b15-9+. The van der Waals surface area contributed by atoms with Crippen LogP contribution in [0.25, 0.3) is 11.6 Å². The van der Waals surface area contributed by atoms with E-state index in [1.54, 1.807) is 12.1 Å². The largest absolute Gasteiger partial charge is 0.494 e. The van der Waals surface area contributed by atoms with Gasteiger partial charge in [0.1, 0.15) is 11.6 Å². The number of anilines is 1. The fraction of sp³-hybridized carbons (Fsp3) is 0.118. The summed E-state index contributed by atoms with van der Waals surface area (Å²) in [6.45, 7) is 2.49. The number of nitrogens with one attached hydrogen (secondary N) is 1. The first-order valence-corrected chi connectivity index (χ1v) is 6.73. The third kappa shape index (κ3) is 2.65. The second-order valence-electron chi connectivity index (χ2n) is 4.71. The normalized spacial score (nSPS) is 15.0. The van der Waals surface area contributed by atoms with Gasteiger partial charge in [-0.25, -0.2) is 4.39 Å². The molecule has 0 atom stereocenters. The van der Waals surface area contributed by atoms with Crippen LogP contribution < -0.4 is 10.1 Å². The molecule has 106 valence electrons. The summed E-state index contributed by atoms with van der Waals surface area (Å²) >= 11 is 0. The second kappa shape index (κ2) is 5.40. The number of benzene rings is 2. The van der Waals surface area contributed by atoms with Crippen molar-refractivity contribution in [3.63, 3.8) is 0 Å². The summed E-state index contributed by atoms with van der Waals surface area (Å²) in [5.41, 5.74) is 2.51. The summed E-state index contributed by atoms with van der Waals surface area (Å²) in [4.78, 5) is 12.0. The van der Waals surface area contributed by atoms with Crippen LogP contribution in [0.5, 0.6) is 5.75 Å². The minimum absolute atomic E-state index is 0.225. The summed E-state index contributed by atoms with van der Waals surface area (Å²) in [7, 11) is 0. The van der Waals surface area contributed by atoms with Crippen molar-refractivity contribution in [3.05, 3.63) is 59.4 Å². The Morgan fingerprint density at radius 3 is 2.90 bits per heavy atom. The molecule has 0 radical (unpaired) electrons. The molecule has 1 aliphatic heterocycles. The van der Waals surface area contributed by atoms with Crippen LogP contribution in [0.4, 0.5) is 10.1 Å². The molecule has 0 spiro atoms. The Kier molecular flexibility index (Phi) is 3.44. The first kappa shape index (κ1) is 13.4. The topological polar surface area (TPSA) is 38.3 Å². The van der Waals surface area contributed by atoms with Crippen LogP contribution in [0.3, 0.4) is 0 Å². The lowest BCUT2D eigenvalue weighted by molar-refractivity contribution is -0.110. The lowest BCUT2D eigenvalue weighted by Gasteiger charge is -2.04. The van der Waals surface area contributed by atoms with Crippen LogP contribution in [-0.4, -0.2) is 12.5 Å². The van der Waals surface area contributed by atoms with Gasteiger partial charge >= 0.3 is 0 Å². The van der Waals surface area contributed by atoms with E-state index in [1.807, 2.05) is 31.2 Å². The van der Waals surface area contributed by atoms with Gasteiger partial charge < -0.3 is 10.1 Å². The maximum absolute atomic E-state index is 13.4. The monoisotopic (exact) mass is 283 g/mol. The predicted molar refractivity (Wildman–Crippen MR) is 80.5 cm³/mol. The number of carbonyl (C=O) groups is 1. The fourth-order valence-electron chi connectivity index (χ4n) is 2.33. The zero-order chi connectivity index (χ0) is 14.8. The second-order valence-corrected chi connectivity index (χ2v) is 4.71. The molecule has 0 aromatic heterocycles. The minimum Gasteiger partial charge on any atom is -0.494 e. The molecule has 0 saturated carbocycles. The number of halogens is 1. The first-order chi connectivity index (χ1) is 10.2. The number of rotatable bonds is 3. The minimum atomic E-state index is -0.362. The molecule has 0 saturated heterocycles. The zero-order valence-corrected chi connectivity index (χ0v) is 11.5. The first-order valence-electron chi connectivity index (χ1n) is 6.73. The summed E-state index contributed by atoms with van der Waals surface area (Å²) < 4.78 is 18.8. The van der Waals surface area contributed by atoms with E-state index in [2.05, 4.69) is 5.32 Å². The van der Waals surface area contributed by atoms with Gasteiger partial charge in [0.25, 0.3) is 5.91 Å². The summed E-state index contributed by atoms with van der Waals surface area (Å²) in [6, 6.07) is 11.7. The Morgan fingerprint density at radius 1 is 1.24 bits per heavy atom. The highest BCUT2D eigenvalue weighted by molar-refractivity contribution is 6.34. The van der Waals surface area contributed by atoms with E-state index in [0.29, 0.717) is 23.4 Å². The van der Waals surface area contributed by atoms with Gasteiger partial charge in [-0.3, -0.25) is 4.79 Å². The number of hydrogen-bond acceptors (Lipinski definition) is 2. The number of carbonyl (C=O) groups excluding carboxylic acids is 1. The van der Waals surface area contributed by atoms with E-state index in [9.17, 15) is 9.18 Å². The highest BCUT2D eigenvalue weighted by atomic mass is 19.1. The molecule has 0 bridgehead atoms. The van der Waals surface area contributed by atoms with Crippen molar-refractivity contribution in [3.8, 4) is 5.75 Å². The average molecular weight is 283 g/mol. The van der Waals surface area contributed by atoms with E-state index in [4.69, 9.17) is 4.74 Å². The molecule has 0 unspecified atom stereocenters.